The smallest absolute Gasteiger partial charge is 0.206 e. The molecule has 0 bridgehead atoms. The van der Waals surface area contributed by atoms with Gasteiger partial charge in [-0.2, -0.15) is 0 Å². The average molecular weight is 205 g/mol. The van der Waals surface area contributed by atoms with Crippen LogP contribution in [0.2, 0.25) is 0 Å². The predicted octanol–water partition coefficient (Wildman–Crippen LogP) is 1.42. The number of halogens is 2. The standard InChI is InChI=1S/C2H2BrClO2S/c1-2(3)7(4,5)6/h1H2. The van der Waals surface area contributed by atoms with E-state index in [9.17, 15) is 8.42 Å². The second-order valence-electron chi connectivity index (χ2n) is 0.793. The summed E-state index contributed by atoms with van der Waals surface area (Å²) in [5, 5.41) is 0. The molecule has 0 fully saturated rings. The van der Waals surface area contributed by atoms with Crippen LogP contribution in [0.25, 0.3) is 0 Å². The lowest BCUT2D eigenvalue weighted by Crippen LogP contribution is -1.82. The van der Waals surface area contributed by atoms with Crippen LogP contribution in [0, 0.1) is 0 Å². The average Bonchev–Trinajstić information content (AvgIpc) is 1.31. The lowest BCUT2D eigenvalue weighted by Gasteiger charge is -1.82. The van der Waals surface area contributed by atoms with E-state index in [4.69, 9.17) is 10.7 Å². The van der Waals surface area contributed by atoms with Crippen LogP contribution in [0.1, 0.15) is 0 Å². The molecular formula is C2H2BrClO2S. The molecule has 42 valence electrons. The maximum Gasteiger partial charge on any atom is 0.267 e. The van der Waals surface area contributed by atoms with Gasteiger partial charge in [0.25, 0.3) is 9.05 Å². The zero-order valence-electron chi connectivity index (χ0n) is 3.19. The zero-order valence-corrected chi connectivity index (χ0v) is 6.35. The fourth-order valence-corrected chi connectivity index (χ4v) is 0. The number of hydrogen-bond acceptors (Lipinski definition) is 2. The minimum Gasteiger partial charge on any atom is -0.206 e. The third kappa shape index (κ3) is 3.08. The third-order valence-corrected chi connectivity index (χ3v) is 3.19. The highest BCUT2D eigenvalue weighted by Crippen LogP contribution is 2.14. The Balaban J connectivity index is 4.43. The van der Waals surface area contributed by atoms with E-state index < -0.39 is 9.05 Å². The third-order valence-electron chi connectivity index (χ3n) is 0.265. The van der Waals surface area contributed by atoms with Crippen LogP contribution in [0.5, 0.6) is 0 Å². The van der Waals surface area contributed by atoms with Crippen LogP contribution < -0.4 is 0 Å². The van der Waals surface area contributed by atoms with Gasteiger partial charge < -0.3 is 0 Å². The molecule has 0 aromatic rings. The van der Waals surface area contributed by atoms with Crippen molar-refractivity contribution in [2.24, 2.45) is 0 Å². The van der Waals surface area contributed by atoms with E-state index in [1.165, 1.54) is 0 Å². The van der Waals surface area contributed by atoms with E-state index in [1.807, 2.05) is 0 Å². The Bertz CT molecular complexity index is 170. The molecule has 0 rings (SSSR count). The predicted molar refractivity (Wildman–Crippen MR) is 32.8 cm³/mol. The van der Waals surface area contributed by atoms with Gasteiger partial charge in [-0.1, -0.05) is 6.58 Å². The molecule has 0 aliphatic carbocycles. The highest BCUT2D eigenvalue weighted by molar-refractivity contribution is 9.14. The molecule has 0 aliphatic heterocycles. The van der Waals surface area contributed by atoms with Gasteiger partial charge in [0.15, 0.2) is 0 Å². The second-order valence-corrected chi connectivity index (χ2v) is 4.86. The summed E-state index contributed by atoms with van der Waals surface area (Å²) in [6, 6.07) is 0. The van der Waals surface area contributed by atoms with Gasteiger partial charge in [-0.25, -0.2) is 8.42 Å². The Morgan fingerprint density at radius 1 is 1.71 bits per heavy atom. The maximum atomic E-state index is 9.95. The summed E-state index contributed by atoms with van der Waals surface area (Å²) in [5.41, 5.74) is 0. The van der Waals surface area contributed by atoms with Crippen molar-refractivity contribution < 1.29 is 8.42 Å². The topological polar surface area (TPSA) is 34.1 Å². The Morgan fingerprint density at radius 2 is 1.86 bits per heavy atom. The molecule has 0 heterocycles. The Morgan fingerprint density at radius 3 is 1.86 bits per heavy atom. The van der Waals surface area contributed by atoms with Crippen LogP contribution in [-0.4, -0.2) is 8.42 Å². The normalized spacial score (nSPS) is 11.1. The fourth-order valence-electron chi connectivity index (χ4n) is 0. The molecule has 0 saturated carbocycles. The molecule has 2 nitrogen and oxygen atoms in total. The van der Waals surface area contributed by atoms with Crippen molar-refractivity contribution in [1.29, 1.82) is 0 Å². The first-order valence-electron chi connectivity index (χ1n) is 1.23. The molecule has 0 aromatic carbocycles. The monoisotopic (exact) mass is 204 g/mol. The SMILES string of the molecule is C=C(Br)S(=O)(=O)Cl. The molecule has 0 aliphatic rings. The van der Waals surface area contributed by atoms with Gasteiger partial charge in [-0.3, -0.25) is 0 Å². The summed E-state index contributed by atoms with van der Waals surface area (Å²) in [6.07, 6.45) is 0. The Kier molecular flexibility index (Phi) is 2.29. The summed E-state index contributed by atoms with van der Waals surface area (Å²) in [5.74, 6) is 0. The molecule has 0 unspecified atom stereocenters. The number of rotatable bonds is 1. The van der Waals surface area contributed by atoms with Gasteiger partial charge in [0.1, 0.15) is 3.81 Å². The fraction of sp³-hybridized carbons (Fsp3) is 0. The van der Waals surface area contributed by atoms with E-state index in [2.05, 4.69) is 22.5 Å². The second kappa shape index (κ2) is 2.15. The van der Waals surface area contributed by atoms with Crippen molar-refractivity contribution in [3.8, 4) is 0 Å². The molecule has 0 radical (unpaired) electrons. The Hall–Kier alpha value is 0.460. The lowest BCUT2D eigenvalue weighted by molar-refractivity contribution is 0.617. The van der Waals surface area contributed by atoms with Gasteiger partial charge in [0.05, 0.1) is 0 Å². The quantitative estimate of drug-likeness (QED) is 0.607. The van der Waals surface area contributed by atoms with E-state index in [-0.39, 0.29) is 3.81 Å². The van der Waals surface area contributed by atoms with Crippen molar-refractivity contribution in [3.63, 3.8) is 0 Å². The summed E-state index contributed by atoms with van der Waals surface area (Å²) in [6.45, 7) is 3.02. The molecule has 0 N–H and O–H groups in total. The van der Waals surface area contributed by atoms with Crippen molar-refractivity contribution in [1.82, 2.24) is 0 Å². The van der Waals surface area contributed by atoms with E-state index in [0.717, 1.165) is 0 Å². The van der Waals surface area contributed by atoms with Crippen LogP contribution in [0.3, 0.4) is 0 Å². The summed E-state index contributed by atoms with van der Waals surface area (Å²) < 4.78 is 19.7. The molecule has 0 amide bonds. The van der Waals surface area contributed by atoms with E-state index >= 15 is 0 Å². The molecule has 0 aromatic heterocycles. The molecule has 5 heteroatoms. The lowest BCUT2D eigenvalue weighted by atomic mass is 11.3. The molecule has 0 atom stereocenters. The summed E-state index contributed by atoms with van der Waals surface area (Å²) >= 11 is 2.58. The van der Waals surface area contributed by atoms with Gasteiger partial charge in [-0.15, -0.1) is 0 Å². The first kappa shape index (κ1) is 7.46. The molecule has 7 heavy (non-hydrogen) atoms. The first-order chi connectivity index (χ1) is 2.94. The van der Waals surface area contributed by atoms with Crippen molar-refractivity contribution >= 4 is 35.7 Å². The maximum absolute atomic E-state index is 9.95. The minimum absolute atomic E-state index is 0.207. The van der Waals surface area contributed by atoms with Gasteiger partial charge in [0, 0.05) is 10.7 Å². The number of hydrogen-bond donors (Lipinski definition) is 0. The van der Waals surface area contributed by atoms with Crippen LogP contribution in [0.15, 0.2) is 10.4 Å². The van der Waals surface area contributed by atoms with Gasteiger partial charge in [0.2, 0.25) is 0 Å². The summed E-state index contributed by atoms with van der Waals surface area (Å²) in [7, 11) is 1.15. The van der Waals surface area contributed by atoms with Gasteiger partial charge in [-0.05, 0) is 15.9 Å². The summed E-state index contributed by atoms with van der Waals surface area (Å²) in [4.78, 5) is 0. The highest BCUT2D eigenvalue weighted by Gasteiger charge is 2.04. The van der Waals surface area contributed by atoms with E-state index in [1.54, 1.807) is 0 Å². The van der Waals surface area contributed by atoms with Crippen molar-refractivity contribution in [2.45, 2.75) is 0 Å². The highest BCUT2D eigenvalue weighted by atomic mass is 79.9. The van der Waals surface area contributed by atoms with Crippen LogP contribution in [-0.2, 0) is 9.05 Å². The molecular weight excluding hydrogens is 203 g/mol. The van der Waals surface area contributed by atoms with Crippen LogP contribution in [0.4, 0.5) is 0 Å². The zero-order chi connectivity index (χ0) is 6.08. The molecule has 0 spiro atoms. The van der Waals surface area contributed by atoms with Crippen molar-refractivity contribution in [3.05, 3.63) is 10.4 Å². The van der Waals surface area contributed by atoms with Gasteiger partial charge >= 0.3 is 0 Å². The molecule has 0 saturated heterocycles. The van der Waals surface area contributed by atoms with Crippen molar-refractivity contribution in [2.75, 3.05) is 0 Å². The minimum atomic E-state index is -3.55. The van der Waals surface area contributed by atoms with Crippen LogP contribution >= 0.6 is 26.6 Å². The first-order valence-corrected chi connectivity index (χ1v) is 4.34. The largest absolute Gasteiger partial charge is 0.267 e. The Labute approximate surface area is 54.7 Å². The van der Waals surface area contributed by atoms with E-state index in [0.29, 0.717) is 0 Å².